The summed E-state index contributed by atoms with van der Waals surface area (Å²) in [5, 5.41) is 9.37. The van der Waals surface area contributed by atoms with Gasteiger partial charge in [0, 0.05) is 20.2 Å². The molecule has 0 aromatic carbocycles. The fourth-order valence-corrected chi connectivity index (χ4v) is 1.57. The summed E-state index contributed by atoms with van der Waals surface area (Å²) in [5.41, 5.74) is 5.56. The number of nitrogens with two attached hydrogens (primary N) is 1. The van der Waals surface area contributed by atoms with Gasteiger partial charge in [-0.2, -0.15) is 0 Å². The van der Waals surface area contributed by atoms with Crippen molar-refractivity contribution in [1.29, 1.82) is 0 Å². The fraction of sp³-hybridized carbons (Fsp3) is 0.889. The van der Waals surface area contributed by atoms with Crippen LogP contribution in [0.1, 0.15) is 12.8 Å². The average Bonchev–Trinajstić information content (AvgIpc) is 2.46. The number of carbonyl (C=O) groups is 1. The number of aliphatic hydroxyl groups is 1. The first kappa shape index (κ1) is 11.4. The van der Waals surface area contributed by atoms with Crippen LogP contribution in [0.4, 0.5) is 0 Å². The molecule has 3 N–H and O–H groups in total. The molecule has 2 unspecified atom stereocenters. The Hall–Kier alpha value is -0.650. The van der Waals surface area contributed by atoms with E-state index in [1.54, 1.807) is 12.0 Å². The van der Waals surface area contributed by atoms with Gasteiger partial charge in [-0.15, -0.1) is 0 Å². The first-order chi connectivity index (χ1) is 6.65. The summed E-state index contributed by atoms with van der Waals surface area (Å²) in [5.74, 6) is -0.00498. The van der Waals surface area contributed by atoms with E-state index in [0.29, 0.717) is 26.1 Å². The molecule has 0 aromatic rings. The molecule has 82 valence electrons. The molecule has 5 nitrogen and oxygen atoms in total. The Labute approximate surface area is 83.8 Å². The molecule has 1 amide bonds. The third kappa shape index (κ3) is 2.94. The molecular weight excluding hydrogens is 184 g/mol. The molecule has 1 saturated heterocycles. The zero-order valence-corrected chi connectivity index (χ0v) is 8.48. The van der Waals surface area contributed by atoms with E-state index in [9.17, 15) is 9.90 Å². The lowest BCUT2D eigenvalue weighted by Gasteiger charge is -2.17. The highest BCUT2D eigenvalue weighted by Crippen LogP contribution is 2.10. The molecule has 1 aliphatic heterocycles. The lowest BCUT2D eigenvalue weighted by atomic mass is 10.2. The molecule has 2 atom stereocenters. The van der Waals surface area contributed by atoms with E-state index in [4.69, 9.17) is 10.5 Å². The normalized spacial score (nSPS) is 24.4. The van der Waals surface area contributed by atoms with Crippen molar-refractivity contribution in [3.8, 4) is 0 Å². The predicted molar refractivity (Wildman–Crippen MR) is 51.7 cm³/mol. The van der Waals surface area contributed by atoms with Gasteiger partial charge in [-0.1, -0.05) is 0 Å². The number of aliphatic hydroxyl groups excluding tert-OH is 1. The van der Waals surface area contributed by atoms with Crippen molar-refractivity contribution in [3.05, 3.63) is 0 Å². The molecule has 0 aromatic heterocycles. The molecule has 1 fully saturated rings. The molecule has 1 aliphatic rings. The van der Waals surface area contributed by atoms with Crippen molar-refractivity contribution in [3.63, 3.8) is 0 Å². The molecule has 14 heavy (non-hydrogen) atoms. The van der Waals surface area contributed by atoms with Crippen molar-refractivity contribution in [2.24, 2.45) is 5.73 Å². The molecule has 1 heterocycles. The van der Waals surface area contributed by atoms with Crippen LogP contribution in [0.5, 0.6) is 0 Å². The summed E-state index contributed by atoms with van der Waals surface area (Å²) in [4.78, 5) is 13.1. The first-order valence-corrected chi connectivity index (χ1v) is 4.86. The lowest BCUT2D eigenvalue weighted by Crippen LogP contribution is -2.36. The van der Waals surface area contributed by atoms with E-state index < -0.39 is 6.10 Å². The van der Waals surface area contributed by atoms with Gasteiger partial charge in [-0.05, 0) is 12.8 Å². The van der Waals surface area contributed by atoms with Crippen molar-refractivity contribution in [1.82, 2.24) is 4.90 Å². The molecule has 0 bridgehead atoms. The van der Waals surface area contributed by atoms with Crippen molar-refractivity contribution in [2.75, 3.05) is 26.8 Å². The van der Waals surface area contributed by atoms with Gasteiger partial charge in [0.1, 0.15) is 0 Å². The first-order valence-electron chi connectivity index (χ1n) is 4.86. The van der Waals surface area contributed by atoms with Crippen LogP contribution in [-0.4, -0.2) is 54.9 Å². The minimum Gasteiger partial charge on any atom is -0.391 e. The lowest BCUT2D eigenvalue weighted by molar-refractivity contribution is -0.129. The Morgan fingerprint density at radius 3 is 3.00 bits per heavy atom. The van der Waals surface area contributed by atoms with Crippen LogP contribution in [0, 0.1) is 0 Å². The average molecular weight is 202 g/mol. The Kier molecular flexibility index (Phi) is 4.31. The molecule has 1 rings (SSSR count). The molecule has 0 spiro atoms. The minimum absolute atomic E-state index is 0.00498. The Morgan fingerprint density at radius 1 is 1.79 bits per heavy atom. The monoisotopic (exact) mass is 202 g/mol. The molecule has 0 radical (unpaired) electrons. The van der Waals surface area contributed by atoms with E-state index in [1.807, 2.05) is 0 Å². The van der Waals surface area contributed by atoms with Gasteiger partial charge in [0.25, 0.3) is 0 Å². The van der Waals surface area contributed by atoms with E-state index in [-0.39, 0.29) is 11.9 Å². The third-order valence-corrected chi connectivity index (χ3v) is 2.43. The second-order valence-electron chi connectivity index (χ2n) is 3.62. The van der Waals surface area contributed by atoms with Crippen LogP contribution >= 0.6 is 0 Å². The van der Waals surface area contributed by atoms with E-state index in [1.165, 1.54) is 0 Å². The Morgan fingerprint density at radius 2 is 2.50 bits per heavy atom. The second-order valence-corrected chi connectivity index (χ2v) is 3.62. The fourth-order valence-electron chi connectivity index (χ4n) is 1.57. The smallest absolute Gasteiger partial charge is 0.239 e. The second kappa shape index (κ2) is 5.29. The summed E-state index contributed by atoms with van der Waals surface area (Å²) >= 11 is 0. The zero-order chi connectivity index (χ0) is 10.6. The van der Waals surface area contributed by atoms with Gasteiger partial charge >= 0.3 is 0 Å². The van der Waals surface area contributed by atoms with Crippen molar-refractivity contribution in [2.45, 2.75) is 25.0 Å². The topological polar surface area (TPSA) is 75.8 Å². The molecule has 0 aliphatic carbocycles. The highest BCUT2D eigenvalue weighted by atomic mass is 16.5. The van der Waals surface area contributed by atoms with E-state index >= 15 is 0 Å². The van der Waals surface area contributed by atoms with Crippen LogP contribution in [0.25, 0.3) is 0 Å². The van der Waals surface area contributed by atoms with E-state index in [0.717, 1.165) is 6.42 Å². The maximum Gasteiger partial charge on any atom is 0.239 e. The van der Waals surface area contributed by atoms with Crippen LogP contribution < -0.4 is 5.73 Å². The number of amides is 1. The van der Waals surface area contributed by atoms with Crippen LogP contribution in [0.3, 0.4) is 0 Å². The number of hydrogen-bond donors (Lipinski definition) is 2. The van der Waals surface area contributed by atoms with Gasteiger partial charge in [-0.3, -0.25) is 4.79 Å². The number of methoxy groups -OCH3 is 1. The maximum absolute atomic E-state index is 11.4. The number of carbonyl (C=O) groups excluding carboxylic acids is 1. The van der Waals surface area contributed by atoms with E-state index in [2.05, 4.69) is 0 Å². The maximum atomic E-state index is 11.4. The number of nitrogens with zero attached hydrogens (tertiary/aromatic N) is 1. The van der Waals surface area contributed by atoms with Crippen molar-refractivity contribution >= 4 is 5.91 Å². The van der Waals surface area contributed by atoms with Gasteiger partial charge < -0.3 is 20.5 Å². The molecule has 0 saturated carbocycles. The van der Waals surface area contributed by atoms with Crippen molar-refractivity contribution < 1.29 is 14.6 Å². The summed E-state index contributed by atoms with van der Waals surface area (Å²) in [6.45, 7) is 1.59. The SMILES string of the molecule is COCC(O)CCN1CCC(N)C1=O. The molecular formula is C9H18N2O3. The number of ether oxygens (including phenoxy) is 1. The third-order valence-electron chi connectivity index (χ3n) is 2.43. The van der Waals surface area contributed by atoms with Crippen LogP contribution in [0.15, 0.2) is 0 Å². The number of likely N-dealkylation sites (tertiary alicyclic amines) is 1. The summed E-state index contributed by atoms with van der Waals surface area (Å²) in [6, 6.07) is -0.338. The van der Waals surface area contributed by atoms with Gasteiger partial charge in [-0.25, -0.2) is 0 Å². The quantitative estimate of drug-likeness (QED) is 0.596. The minimum atomic E-state index is -0.496. The highest BCUT2D eigenvalue weighted by Gasteiger charge is 2.28. The molecule has 5 heteroatoms. The van der Waals surface area contributed by atoms with Crippen LogP contribution in [-0.2, 0) is 9.53 Å². The van der Waals surface area contributed by atoms with Gasteiger partial charge in [0.2, 0.25) is 5.91 Å². The number of hydrogen-bond acceptors (Lipinski definition) is 4. The predicted octanol–water partition coefficient (Wildman–Crippen LogP) is -1.06. The largest absolute Gasteiger partial charge is 0.391 e. The summed E-state index contributed by atoms with van der Waals surface area (Å²) in [6.07, 6.45) is 0.774. The van der Waals surface area contributed by atoms with Gasteiger partial charge in [0.05, 0.1) is 18.8 Å². The standard InChI is InChI=1S/C9H18N2O3/c1-14-6-7(12)2-4-11-5-3-8(10)9(11)13/h7-8,12H,2-6,10H2,1H3. The Bertz CT molecular complexity index is 198. The summed E-state index contributed by atoms with van der Waals surface area (Å²) < 4.78 is 4.79. The van der Waals surface area contributed by atoms with Gasteiger partial charge in [0.15, 0.2) is 0 Å². The zero-order valence-electron chi connectivity index (χ0n) is 8.48. The Balaban J connectivity index is 2.22. The summed E-state index contributed by atoms with van der Waals surface area (Å²) in [7, 11) is 1.54. The van der Waals surface area contributed by atoms with Crippen LogP contribution in [0.2, 0.25) is 0 Å². The number of rotatable bonds is 5. The highest BCUT2D eigenvalue weighted by molar-refractivity contribution is 5.83.